The number of nitrogens with zero attached hydrogens (tertiary/aromatic N) is 4. The Morgan fingerprint density at radius 3 is 2.57 bits per heavy atom. The summed E-state index contributed by atoms with van der Waals surface area (Å²) >= 11 is 1.04. The highest BCUT2D eigenvalue weighted by Gasteiger charge is 2.61. The summed E-state index contributed by atoms with van der Waals surface area (Å²) in [5.74, 6) is 0.585. The van der Waals surface area contributed by atoms with Gasteiger partial charge >= 0.3 is 0 Å². The average molecular weight is 624 g/mol. The van der Waals surface area contributed by atoms with E-state index in [-0.39, 0.29) is 35.8 Å². The van der Waals surface area contributed by atoms with E-state index in [9.17, 15) is 14.0 Å². The van der Waals surface area contributed by atoms with Gasteiger partial charge in [0.25, 0.3) is 5.91 Å². The van der Waals surface area contributed by atoms with Crippen LogP contribution < -0.4 is 10.2 Å². The Hall–Kier alpha value is -3.34. The minimum absolute atomic E-state index is 0.139. The number of thiazole rings is 1. The molecule has 1 aromatic carbocycles. The van der Waals surface area contributed by atoms with Crippen LogP contribution in [0.2, 0.25) is 0 Å². The van der Waals surface area contributed by atoms with Crippen LogP contribution in [0.1, 0.15) is 29.6 Å². The number of carbonyl (C=O) groups is 2. The number of ether oxygens (including phenoxy) is 3. The summed E-state index contributed by atoms with van der Waals surface area (Å²) in [6.07, 6.45) is 9.85. The summed E-state index contributed by atoms with van der Waals surface area (Å²) in [6.45, 7) is 3.80. The Labute approximate surface area is 261 Å². The first-order chi connectivity index (χ1) is 21.3. The molecule has 2 aromatic rings. The van der Waals surface area contributed by atoms with Gasteiger partial charge in [0.15, 0.2) is 5.13 Å². The monoisotopic (exact) mass is 623 g/mol. The molecule has 0 saturated carbocycles. The van der Waals surface area contributed by atoms with Gasteiger partial charge in [-0.2, -0.15) is 4.39 Å². The topological polar surface area (TPSA) is 96.5 Å². The van der Waals surface area contributed by atoms with Crippen molar-refractivity contribution in [1.82, 2.24) is 20.1 Å². The van der Waals surface area contributed by atoms with Crippen molar-refractivity contribution < 1.29 is 28.2 Å². The number of carbonyl (C=O) groups excluding carboxylic acids is 2. The van der Waals surface area contributed by atoms with Gasteiger partial charge in [-0.15, -0.1) is 6.42 Å². The molecule has 1 aromatic heterocycles. The molecular weight excluding hydrogens is 585 g/mol. The van der Waals surface area contributed by atoms with E-state index in [1.807, 2.05) is 6.08 Å². The Morgan fingerprint density at radius 2 is 1.93 bits per heavy atom. The standard InChI is InChI=1S/C32H38FN5O5S/c1-5-20-18-38(27-26(20)43-19-32(27,41-3)42-4)30(40)25(21-8-6-7-9-21)34-29(39)23-12-10-22(11-13-23)24-28(33)44-31(35-24)37-16-14-36(2)15-17-37/h1,8,10-13,20,25-27H,6-7,9,14-19H2,2-4H3,(H,34,39)/t20-,25+,26-,27+/m1/s1. The van der Waals surface area contributed by atoms with Gasteiger partial charge in [-0.05, 0) is 44.0 Å². The van der Waals surface area contributed by atoms with E-state index in [4.69, 9.17) is 20.6 Å². The fourth-order valence-corrected chi connectivity index (χ4v) is 7.54. The predicted octanol–water partition coefficient (Wildman–Crippen LogP) is 2.76. The van der Waals surface area contributed by atoms with Crippen LogP contribution in [-0.2, 0) is 19.0 Å². The number of amides is 2. The second kappa shape index (κ2) is 12.6. The Bertz CT molecular complexity index is 1460. The van der Waals surface area contributed by atoms with Crippen molar-refractivity contribution in [2.75, 3.05) is 65.5 Å². The van der Waals surface area contributed by atoms with Crippen LogP contribution in [0.3, 0.4) is 0 Å². The van der Waals surface area contributed by atoms with Crippen LogP contribution in [0, 0.1) is 23.4 Å². The van der Waals surface area contributed by atoms with Crippen LogP contribution in [0.25, 0.3) is 11.3 Å². The Kier molecular flexibility index (Phi) is 8.77. The zero-order valence-corrected chi connectivity index (χ0v) is 26.1. The number of anilines is 1. The molecule has 6 rings (SSSR count). The third-order valence-corrected chi connectivity index (χ3v) is 10.2. The quantitative estimate of drug-likeness (QED) is 0.273. The molecule has 10 nitrogen and oxygen atoms in total. The lowest BCUT2D eigenvalue weighted by Gasteiger charge is -2.37. The number of terminal acetylenes is 1. The minimum Gasteiger partial charge on any atom is -0.369 e. The first-order valence-corrected chi connectivity index (χ1v) is 15.8. The number of methoxy groups -OCH3 is 2. The number of likely N-dealkylation sites (N-methyl/N-ethyl adjacent to an activating group) is 1. The van der Waals surface area contributed by atoms with Gasteiger partial charge in [0.05, 0.1) is 12.0 Å². The van der Waals surface area contributed by atoms with Crippen LogP contribution in [-0.4, -0.2) is 111 Å². The molecule has 12 heteroatoms. The van der Waals surface area contributed by atoms with Crippen LogP contribution >= 0.6 is 11.3 Å². The van der Waals surface area contributed by atoms with Gasteiger partial charge in [-0.1, -0.05) is 35.5 Å². The molecule has 0 bridgehead atoms. The summed E-state index contributed by atoms with van der Waals surface area (Å²) in [5, 5.41) is 3.28. The van der Waals surface area contributed by atoms with Crippen molar-refractivity contribution in [3.8, 4) is 23.6 Å². The summed E-state index contributed by atoms with van der Waals surface area (Å²) < 4.78 is 32.4. The molecule has 1 aliphatic carbocycles. The van der Waals surface area contributed by atoms with Gasteiger partial charge in [-0.3, -0.25) is 9.59 Å². The maximum atomic E-state index is 15.0. The lowest BCUT2D eigenvalue weighted by Crippen LogP contribution is -2.59. The lowest BCUT2D eigenvalue weighted by atomic mass is 9.98. The fourth-order valence-electron chi connectivity index (χ4n) is 6.67. The molecule has 3 fully saturated rings. The first kappa shape index (κ1) is 30.7. The van der Waals surface area contributed by atoms with Crippen molar-refractivity contribution in [2.45, 2.75) is 43.2 Å². The summed E-state index contributed by atoms with van der Waals surface area (Å²) in [7, 11) is 5.11. The van der Waals surface area contributed by atoms with Gasteiger partial charge < -0.3 is 34.2 Å². The maximum Gasteiger partial charge on any atom is 0.252 e. The second-order valence-corrected chi connectivity index (χ2v) is 12.7. The molecule has 3 saturated heterocycles. The number of hydrogen-bond donors (Lipinski definition) is 1. The normalized spacial score (nSPS) is 25.4. The largest absolute Gasteiger partial charge is 0.369 e. The number of nitrogens with one attached hydrogen (secondary N) is 1. The van der Waals surface area contributed by atoms with E-state index in [2.05, 4.69) is 33.1 Å². The molecular formula is C32H38FN5O5S. The van der Waals surface area contributed by atoms with E-state index in [0.29, 0.717) is 22.7 Å². The van der Waals surface area contributed by atoms with Crippen LogP contribution in [0.15, 0.2) is 35.9 Å². The maximum absolute atomic E-state index is 15.0. The van der Waals surface area contributed by atoms with E-state index in [0.717, 1.165) is 55.9 Å². The van der Waals surface area contributed by atoms with Crippen molar-refractivity contribution in [3.05, 3.63) is 46.6 Å². The van der Waals surface area contributed by atoms with E-state index in [1.54, 1.807) is 29.2 Å². The summed E-state index contributed by atoms with van der Waals surface area (Å²) in [4.78, 5) is 38.4. The number of piperazine rings is 1. The average Bonchev–Trinajstić information content (AvgIpc) is 3.85. The predicted molar refractivity (Wildman–Crippen MR) is 165 cm³/mol. The molecule has 44 heavy (non-hydrogen) atoms. The van der Waals surface area contributed by atoms with Gasteiger partial charge in [-0.25, -0.2) is 4.98 Å². The molecule has 0 unspecified atom stereocenters. The van der Waals surface area contributed by atoms with Gasteiger partial charge in [0.1, 0.15) is 24.4 Å². The van der Waals surface area contributed by atoms with Crippen molar-refractivity contribution in [2.24, 2.45) is 5.92 Å². The highest BCUT2D eigenvalue weighted by molar-refractivity contribution is 7.14. The van der Waals surface area contributed by atoms with Gasteiger partial charge in [0, 0.05) is 58.1 Å². The highest BCUT2D eigenvalue weighted by atomic mass is 32.1. The molecule has 234 valence electrons. The fraction of sp³-hybridized carbons (Fsp3) is 0.531. The Balaban J connectivity index is 1.20. The number of halogens is 1. The smallest absolute Gasteiger partial charge is 0.252 e. The van der Waals surface area contributed by atoms with Gasteiger partial charge in [0.2, 0.25) is 16.8 Å². The summed E-state index contributed by atoms with van der Waals surface area (Å²) in [6, 6.07) is 5.21. The Morgan fingerprint density at radius 1 is 1.20 bits per heavy atom. The molecule has 0 radical (unpaired) electrons. The zero-order chi connectivity index (χ0) is 31.0. The summed E-state index contributed by atoms with van der Waals surface area (Å²) in [5.41, 5.74) is 2.07. The van der Waals surface area contributed by atoms with E-state index < -0.39 is 29.9 Å². The molecule has 0 spiro atoms. The van der Waals surface area contributed by atoms with E-state index in [1.165, 1.54) is 14.2 Å². The van der Waals surface area contributed by atoms with Crippen molar-refractivity contribution in [1.29, 1.82) is 0 Å². The molecule has 2 amide bonds. The van der Waals surface area contributed by atoms with Crippen LogP contribution in [0.4, 0.5) is 9.52 Å². The third kappa shape index (κ3) is 5.52. The number of hydrogen-bond acceptors (Lipinski definition) is 9. The SMILES string of the molecule is C#C[C@@H]1CN(C(=O)[C@@H](NC(=O)c2ccc(-c3nc(N4CCN(C)CC4)sc3F)cc2)C2=CCCC2)[C@H]2[C@@H]1OCC2(OC)OC. The third-order valence-electron chi connectivity index (χ3n) is 9.29. The van der Waals surface area contributed by atoms with Crippen LogP contribution in [0.5, 0.6) is 0 Å². The molecule has 4 heterocycles. The second-order valence-electron chi connectivity index (χ2n) is 11.8. The highest BCUT2D eigenvalue weighted by Crippen LogP contribution is 2.42. The minimum atomic E-state index is -1.16. The zero-order valence-electron chi connectivity index (χ0n) is 25.3. The van der Waals surface area contributed by atoms with E-state index >= 15 is 0 Å². The number of fused-ring (bicyclic) bond motifs is 1. The number of allylic oxidation sites excluding steroid dienone is 1. The molecule has 1 N–H and O–H groups in total. The molecule has 4 atom stereocenters. The van der Waals surface area contributed by atoms with Crippen molar-refractivity contribution >= 4 is 28.3 Å². The number of rotatable bonds is 8. The molecule has 4 aliphatic rings. The first-order valence-electron chi connectivity index (χ1n) is 15.0. The van der Waals surface area contributed by atoms with Crippen molar-refractivity contribution in [3.63, 3.8) is 0 Å². The molecule has 3 aliphatic heterocycles. The number of benzene rings is 1. The number of aromatic nitrogens is 1. The number of likely N-dealkylation sites (tertiary alicyclic amines) is 1. The lowest BCUT2D eigenvalue weighted by molar-refractivity contribution is -0.227.